The fourth-order valence-corrected chi connectivity index (χ4v) is 7.70. The Kier molecular flexibility index (Phi) is 3.14. The third-order valence-corrected chi connectivity index (χ3v) is 8.76. The van der Waals surface area contributed by atoms with Crippen molar-refractivity contribution >= 4 is 5.97 Å². The molecule has 0 spiro atoms. The molecule has 4 fully saturated rings. The monoisotopic (exact) mass is 320 g/mol. The lowest BCUT2D eigenvalue weighted by Crippen LogP contribution is -2.63. The number of rotatable bonds is 0. The maximum Gasteiger partial charge on any atom is 0.338 e. The van der Waals surface area contributed by atoms with E-state index in [0.29, 0.717) is 29.8 Å². The average molecular weight is 320 g/mol. The number of aliphatic hydroxyl groups is 1. The van der Waals surface area contributed by atoms with Crippen LogP contribution in [-0.2, 0) is 9.53 Å². The lowest BCUT2D eigenvalue weighted by atomic mass is 9.38. The van der Waals surface area contributed by atoms with Gasteiger partial charge in [0.15, 0.2) is 5.60 Å². The Morgan fingerprint density at radius 3 is 2.30 bits per heavy atom. The van der Waals surface area contributed by atoms with Crippen LogP contribution in [0, 0.1) is 34.0 Å². The second-order valence-electron chi connectivity index (χ2n) is 10.1. The molecule has 1 saturated heterocycles. The zero-order valence-corrected chi connectivity index (χ0v) is 15.2. The maximum atomic E-state index is 12.1. The minimum atomic E-state index is -1.21. The van der Waals surface area contributed by atoms with Crippen molar-refractivity contribution in [2.45, 2.75) is 78.2 Å². The molecule has 3 heteroatoms. The summed E-state index contributed by atoms with van der Waals surface area (Å²) >= 11 is 0. The Hall–Kier alpha value is -0.570. The Balaban J connectivity index is 1.75. The van der Waals surface area contributed by atoms with Crippen LogP contribution in [0.15, 0.2) is 0 Å². The molecule has 0 bridgehead atoms. The van der Waals surface area contributed by atoms with Crippen LogP contribution in [0.4, 0.5) is 0 Å². The first kappa shape index (κ1) is 15.9. The molecule has 0 aromatic rings. The van der Waals surface area contributed by atoms with Crippen LogP contribution < -0.4 is 0 Å². The first-order valence-electron chi connectivity index (χ1n) is 9.54. The second-order valence-corrected chi connectivity index (χ2v) is 10.1. The standard InChI is InChI=1S/C20H32O3/c1-17(2)8-5-9-18(3)13(17)6-10-19(4)14(18)7-11-20(22)15(19)12-23-16(20)21/h13-15,22H,5-12H2,1-4H3/t13-,14?,15-,18-,19+,20+/m0/s1. The van der Waals surface area contributed by atoms with Gasteiger partial charge in [-0.05, 0) is 66.6 Å². The Labute approximate surface area is 140 Å². The van der Waals surface area contributed by atoms with Gasteiger partial charge in [-0.1, -0.05) is 34.1 Å². The lowest BCUT2D eigenvalue weighted by molar-refractivity contribution is -0.202. The SMILES string of the molecule is CC1(C)CCC[C@]2(C)C3CC[C@]4(O)C(=O)OC[C@H]4[C@]3(C)CC[C@@H]12. The number of cyclic esters (lactones) is 1. The van der Waals surface area contributed by atoms with Crippen molar-refractivity contribution < 1.29 is 14.6 Å². The Morgan fingerprint density at radius 2 is 1.57 bits per heavy atom. The summed E-state index contributed by atoms with van der Waals surface area (Å²) in [6, 6.07) is 0. The summed E-state index contributed by atoms with van der Waals surface area (Å²) < 4.78 is 5.34. The van der Waals surface area contributed by atoms with Crippen molar-refractivity contribution in [1.82, 2.24) is 0 Å². The first-order chi connectivity index (χ1) is 10.6. The molecule has 1 unspecified atom stereocenters. The average Bonchev–Trinajstić information content (AvgIpc) is 2.74. The number of hydrogen-bond donors (Lipinski definition) is 1. The molecular formula is C20H32O3. The van der Waals surface area contributed by atoms with Gasteiger partial charge in [-0.25, -0.2) is 4.79 Å². The molecule has 23 heavy (non-hydrogen) atoms. The molecule has 3 nitrogen and oxygen atoms in total. The van der Waals surface area contributed by atoms with Crippen LogP contribution in [-0.4, -0.2) is 23.3 Å². The fourth-order valence-electron chi connectivity index (χ4n) is 7.70. The maximum absolute atomic E-state index is 12.1. The number of hydrogen-bond acceptors (Lipinski definition) is 3. The molecule has 1 aliphatic heterocycles. The van der Waals surface area contributed by atoms with Crippen molar-refractivity contribution in [1.29, 1.82) is 0 Å². The topological polar surface area (TPSA) is 46.5 Å². The molecule has 6 atom stereocenters. The molecule has 3 aliphatic carbocycles. The molecule has 4 aliphatic rings. The normalized spacial score (nSPS) is 54.7. The van der Waals surface area contributed by atoms with Gasteiger partial charge in [-0.3, -0.25) is 0 Å². The number of carbonyl (C=O) groups excluding carboxylic acids is 1. The van der Waals surface area contributed by atoms with E-state index in [-0.39, 0.29) is 17.3 Å². The summed E-state index contributed by atoms with van der Waals surface area (Å²) in [7, 11) is 0. The summed E-state index contributed by atoms with van der Waals surface area (Å²) in [5, 5.41) is 11.0. The minimum absolute atomic E-state index is 0.0101. The van der Waals surface area contributed by atoms with Crippen LogP contribution >= 0.6 is 0 Å². The summed E-state index contributed by atoms with van der Waals surface area (Å²) in [6.07, 6.45) is 7.90. The van der Waals surface area contributed by atoms with Gasteiger partial charge >= 0.3 is 5.97 Å². The zero-order chi connectivity index (χ0) is 16.7. The third-order valence-electron chi connectivity index (χ3n) is 8.76. The van der Waals surface area contributed by atoms with Crippen molar-refractivity contribution in [2.24, 2.45) is 34.0 Å². The van der Waals surface area contributed by atoms with E-state index < -0.39 is 5.60 Å². The molecule has 3 saturated carbocycles. The molecule has 0 aromatic carbocycles. The second kappa shape index (κ2) is 4.53. The quantitative estimate of drug-likeness (QED) is 0.688. The third kappa shape index (κ3) is 1.83. The molecule has 1 N–H and O–H groups in total. The van der Waals surface area contributed by atoms with Crippen LogP contribution in [0.25, 0.3) is 0 Å². The van der Waals surface area contributed by atoms with Crippen LogP contribution in [0.2, 0.25) is 0 Å². The predicted octanol–water partition coefficient (Wildman–Crippen LogP) is 3.93. The van der Waals surface area contributed by atoms with Gasteiger partial charge in [0.1, 0.15) is 0 Å². The smallest absolute Gasteiger partial charge is 0.338 e. The molecule has 0 radical (unpaired) electrons. The van der Waals surface area contributed by atoms with Crippen molar-refractivity contribution in [3.05, 3.63) is 0 Å². The number of carbonyl (C=O) groups is 1. The van der Waals surface area contributed by atoms with Crippen molar-refractivity contribution in [2.75, 3.05) is 6.61 Å². The van der Waals surface area contributed by atoms with E-state index in [1.807, 2.05) is 0 Å². The highest BCUT2D eigenvalue weighted by atomic mass is 16.6. The van der Waals surface area contributed by atoms with Crippen LogP contribution in [0.5, 0.6) is 0 Å². The van der Waals surface area contributed by atoms with E-state index in [1.165, 1.54) is 25.7 Å². The van der Waals surface area contributed by atoms with Crippen molar-refractivity contribution in [3.8, 4) is 0 Å². The van der Waals surface area contributed by atoms with E-state index in [0.717, 1.165) is 18.8 Å². The highest BCUT2D eigenvalue weighted by molar-refractivity contribution is 5.82. The van der Waals surface area contributed by atoms with E-state index in [4.69, 9.17) is 4.74 Å². The number of fused-ring (bicyclic) bond motifs is 5. The van der Waals surface area contributed by atoms with E-state index in [1.54, 1.807) is 0 Å². The van der Waals surface area contributed by atoms with Gasteiger partial charge in [0.05, 0.1) is 6.61 Å². The summed E-state index contributed by atoms with van der Waals surface area (Å²) in [5.74, 6) is 1.00. The summed E-state index contributed by atoms with van der Waals surface area (Å²) in [5.41, 5.74) is -0.401. The van der Waals surface area contributed by atoms with Gasteiger partial charge in [0.25, 0.3) is 0 Å². The van der Waals surface area contributed by atoms with E-state index in [9.17, 15) is 9.90 Å². The molecule has 0 amide bonds. The largest absolute Gasteiger partial charge is 0.463 e. The zero-order valence-electron chi connectivity index (χ0n) is 15.2. The van der Waals surface area contributed by atoms with Gasteiger partial charge in [0, 0.05) is 5.92 Å². The molecular weight excluding hydrogens is 288 g/mol. The van der Waals surface area contributed by atoms with Crippen molar-refractivity contribution in [3.63, 3.8) is 0 Å². The minimum Gasteiger partial charge on any atom is -0.463 e. The van der Waals surface area contributed by atoms with Gasteiger partial charge in [-0.2, -0.15) is 0 Å². The molecule has 4 rings (SSSR count). The predicted molar refractivity (Wildman–Crippen MR) is 88.7 cm³/mol. The highest BCUT2D eigenvalue weighted by Gasteiger charge is 2.68. The highest BCUT2D eigenvalue weighted by Crippen LogP contribution is 2.70. The molecule has 1 heterocycles. The Bertz CT molecular complexity index is 541. The number of esters is 1. The van der Waals surface area contributed by atoms with Gasteiger partial charge < -0.3 is 9.84 Å². The molecule has 0 aromatic heterocycles. The molecule has 130 valence electrons. The van der Waals surface area contributed by atoms with E-state index >= 15 is 0 Å². The van der Waals surface area contributed by atoms with E-state index in [2.05, 4.69) is 27.7 Å². The van der Waals surface area contributed by atoms with Crippen LogP contribution in [0.1, 0.15) is 72.6 Å². The Morgan fingerprint density at radius 1 is 0.913 bits per heavy atom. The lowest BCUT2D eigenvalue weighted by Gasteiger charge is -2.66. The fraction of sp³-hybridized carbons (Fsp3) is 0.950. The van der Waals surface area contributed by atoms with Gasteiger partial charge in [0.2, 0.25) is 0 Å². The van der Waals surface area contributed by atoms with Crippen LogP contribution in [0.3, 0.4) is 0 Å². The number of ether oxygens (including phenoxy) is 1. The summed E-state index contributed by atoms with van der Waals surface area (Å²) in [4.78, 5) is 12.1. The summed E-state index contributed by atoms with van der Waals surface area (Å²) in [6.45, 7) is 10.2. The first-order valence-corrected chi connectivity index (χ1v) is 9.54. The van der Waals surface area contributed by atoms with Gasteiger partial charge in [-0.15, -0.1) is 0 Å².